The molecule has 6 heteroatoms. The monoisotopic (exact) mass is 266 g/mol. The lowest BCUT2D eigenvalue weighted by atomic mass is 10.2. The van der Waals surface area contributed by atoms with Crippen molar-refractivity contribution in [3.63, 3.8) is 0 Å². The average molecular weight is 266 g/mol. The van der Waals surface area contributed by atoms with E-state index in [2.05, 4.69) is 14.9 Å². The zero-order chi connectivity index (χ0) is 12.4. The molecule has 1 aliphatic carbocycles. The Morgan fingerprint density at radius 1 is 1.44 bits per heavy atom. The van der Waals surface area contributed by atoms with Crippen LogP contribution in [0.3, 0.4) is 0 Å². The van der Waals surface area contributed by atoms with Crippen molar-refractivity contribution in [2.24, 2.45) is 5.92 Å². The summed E-state index contributed by atoms with van der Waals surface area (Å²) in [5, 5.41) is 9.09. The largest absolute Gasteiger partial charge is 0.335 e. The van der Waals surface area contributed by atoms with Gasteiger partial charge in [-0.15, -0.1) is 5.10 Å². The minimum absolute atomic E-state index is 0.0457. The first-order valence-corrected chi connectivity index (χ1v) is 7.46. The van der Waals surface area contributed by atoms with Gasteiger partial charge in [-0.1, -0.05) is 4.49 Å². The standard InChI is InChI=1S/C12H18N4OS/c17-12(11-8-18-15-14-11)16(6-9-3-4-9)7-10-2-1-5-13-10/h8-10,13H,1-7H2. The molecule has 0 radical (unpaired) electrons. The van der Waals surface area contributed by atoms with Crippen LogP contribution in [0.2, 0.25) is 0 Å². The summed E-state index contributed by atoms with van der Waals surface area (Å²) in [6, 6.07) is 0.458. The van der Waals surface area contributed by atoms with E-state index >= 15 is 0 Å². The molecule has 1 aromatic heterocycles. The molecular weight excluding hydrogens is 248 g/mol. The highest BCUT2D eigenvalue weighted by molar-refractivity contribution is 7.03. The Bertz CT molecular complexity index is 398. The van der Waals surface area contributed by atoms with Crippen LogP contribution < -0.4 is 5.32 Å². The minimum atomic E-state index is 0.0457. The molecule has 3 rings (SSSR count). The average Bonchev–Trinajstić information content (AvgIpc) is 2.88. The normalized spacial score (nSPS) is 23.2. The van der Waals surface area contributed by atoms with Crippen LogP contribution in [-0.4, -0.2) is 46.1 Å². The molecule has 2 heterocycles. The first kappa shape index (κ1) is 12.0. The van der Waals surface area contributed by atoms with Gasteiger partial charge in [0, 0.05) is 24.5 Å². The molecule has 1 aliphatic heterocycles. The fourth-order valence-corrected chi connectivity index (χ4v) is 2.88. The third kappa shape index (κ3) is 2.87. The van der Waals surface area contributed by atoms with Crippen molar-refractivity contribution in [2.45, 2.75) is 31.7 Å². The maximum absolute atomic E-state index is 12.4. The molecule has 1 unspecified atom stereocenters. The first-order chi connectivity index (χ1) is 8.83. The summed E-state index contributed by atoms with van der Waals surface area (Å²) in [5.74, 6) is 0.756. The highest BCUT2D eigenvalue weighted by Crippen LogP contribution is 2.30. The zero-order valence-corrected chi connectivity index (χ0v) is 11.2. The molecule has 98 valence electrons. The Balaban J connectivity index is 1.65. The Kier molecular flexibility index (Phi) is 3.56. The number of aromatic nitrogens is 2. The van der Waals surface area contributed by atoms with Gasteiger partial charge in [-0.25, -0.2) is 0 Å². The van der Waals surface area contributed by atoms with Crippen molar-refractivity contribution in [2.75, 3.05) is 19.6 Å². The summed E-state index contributed by atoms with van der Waals surface area (Å²) in [6.45, 7) is 2.77. The predicted octanol–water partition coefficient (Wildman–Crippen LogP) is 1.14. The summed E-state index contributed by atoms with van der Waals surface area (Å²) in [4.78, 5) is 14.3. The number of hydrogen-bond donors (Lipinski definition) is 1. The molecule has 5 nitrogen and oxygen atoms in total. The van der Waals surface area contributed by atoms with Crippen molar-refractivity contribution >= 4 is 17.4 Å². The van der Waals surface area contributed by atoms with Gasteiger partial charge in [0.2, 0.25) is 0 Å². The number of rotatable bonds is 5. The SMILES string of the molecule is O=C(c1csnn1)N(CC1CC1)CC1CCCN1. The van der Waals surface area contributed by atoms with Crippen LogP contribution in [-0.2, 0) is 0 Å². The van der Waals surface area contributed by atoms with Crippen LogP contribution in [0.5, 0.6) is 0 Å². The van der Waals surface area contributed by atoms with Crippen molar-refractivity contribution < 1.29 is 4.79 Å². The molecule has 2 aliphatic rings. The molecule has 1 N–H and O–H groups in total. The van der Waals surface area contributed by atoms with E-state index in [1.165, 1.54) is 37.2 Å². The molecular formula is C12H18N4OS. The van der Waals surface area contributed by atoms with E-state index in [1.54, 1.807) is 5.38 Å². The van der Waals surface area contributed by atoms with E-state index in [9.17, 15) is 4.79 Å². The fraction of sp³-hybridized carbons (Fsp3) is 0.750. The van der Waals surface area contributed by atoms with E-state index in [4.69, 9.17) is 0 Å². The fourth-order valence-electron chi connectivity index (χ4n) is 2.45. The second kappa shape index (κ2) is 5.32. The van der Waals surface area contributed by atoms with Crippen LogP contribution in [0.1, 0.15) is 36.2 Å². The van der Waals surface area contributed by atoms with Gasteiger partial charge >= 0.3 is 0 Å². The third-order valence-electron chi connectivity index (χ3n) is 3.65. The highest BCUT2D eigenvalue weighted by Gasteiger charge is 2.30. The molecule has 0 spiro atoms. The summed E-state index contributed by atoms with van der Waals surface area (Å²) >= 11 is 1.24. The van der Waals surface area contributed by atoms with E-state index in [1.807, 2.05) is 4.90 Å². The predicted molar refractivity (Wildman–Crippen MR) is 69.6 cm³/mol. The van der Waals surface area contributed by atoms with Gasteiger partial charge < -0.3 is 10.2 Å². The van der Waals surface area contributed by atoms with Crippen LogP contribution in [0.4, 0.5) is 0 Å². The molecule has 0 bridgehead atoms. The van der Waals surface area contributed by atoms with Crippen molar-refractivity contribution in [3.05, 3.63) is 11.1 Å². The third-order valence-corrected chi connectivity index (χ3v) is 4.15. The number of nitrogens with zero attached hydrogens (tertiary/aromatic N) is 3. The molecule has 1 saturated heterocycles. The summed E-state index contributed by atoms with van der Waals surface area (Å²) in [7, 11) is 0. The van der Waals surface area contributed by atoms with Crippen molar-refractivity contribution in [3.8, 4) is 0 Å². The van der Waals surface area contributed by atoms with Gasteiger partial charge in [0.1, 0.15) is 0 Å². The Labute approximate surface area is 111 Å². The van der Waals surface area contributed by atoms with Gasteiger partial charge in [0.25, 0.3) is 5.91 Å². The van der Waals surface area contributed by atoms with Gasteiger partial charge in [0.05, 0.1) is 0 Å². The van der Waals surface area contributed by atoms with Crippen molar-refractivity contribution in [1.29, 1.82) is 0 Å². The number of nitrogens with one attached hydrogen (secondary N) is 1. The van der Waals surface area contributed by atoms with Crippen LogP contribution in [0.15, 0.2) is 5.38 Å². The summed E-state index contributed by atoms with van der Waals surface area (Å²) in [5.41, 5.74) is 0.499. The van der Waals surface area contributed by atoms with Crippen LogP contribution in [0, 0.1) is 5.92 Å². The zero-order valence-electron chi connectivity index (χ0n) is 10.3. The van der Waals surface area contributed by atoms with Gasteiger partial charge in [0.15, 0.2) is 5.69 Å². The molecule has 0 aromatic carbocycles. The first-order valence-electron chi connectivity index (χ1n) is 6.62. The van der Waals surface area contributed by atoms with Gasteiger partial charge in [-0.05, 0) is 49.7 Å². The number of amides is 1. The highest BCUT2D eigenvalue weighted by atomic mass is 32.1. The Morgan fingerprint density at radius 3 is 2.94 bits per heavy atom. The van der Waals surface area contributed by atoms with Crippen molar-refractivity contribution in [1.82, 2.24) is 19.8 Å². The molecule has 1 aromatic rings. The maximum atomic E-state index is 12.4. The number of carbonyl (C=O) groups excluding carboxylic acids is 1. The quantitative estimate of drug-likeness (QED) is 0.868. The molecule has 1 atom stereocenters. The van der Waals surface area contributed by atoms with E-state index in [0.717, 1.165) is 19.6 Å². The number of hydrogen-bond acceptors (Lipinski definition) is 5. The van der Waals surface area contributed by atoms with Crippen LogP contribution in [0.25, 0.3) is 0 Å². The van der Waals surface area contributed by atoms with Gasteiger partial charge in [-0.3, -0.25) is 4.79 Å². The molecule has 1 saturated carbocycles. The maximum Gasteiger partial charge on any atom is 0.275 e. The second-order valence-corrected chi connectivity index (χ2v) is 5.85. The Hall–Kier alpha value is -1.01. The molecule has 18 heavy (non-hydrogen) atoms. The lowest BCUT2D eigenvalue weighted by Crippen LogP contribution is -2.42. The summed E-state index contributed by atoms with van der Waals surface area (Å²) < 4.78 is 3.78. The topological polar surface area (TPSA) is 58.1 Å². The van der Waals surface area contributed by atoms with E-state index < -0.39 is 0 Å². The Morgan fingerprint density at radius 2 is 2.33 bits per heavy atom. The van der Waals surface area contributed by atoms with E-state index in [-0.39, 0.29) is 5.91 Å². The molecule has 2 fully saturated rings. The van der Waals surface area contributed by atoms with Crippen LogP contribution >= 0.6 is 11.5 Å². The number of carbonyl (C=O) groups is 1. The van der Waals surface area contributed by atoms with E-state index in [0.29, 0.717) is 17.7 Å². The second-order valence-electron chi connectivity index (χ2n) is 5.24. The summed E-state index contributed by atoms with van der Waals surface area (Å²) in [6.07, 6.45) is 4.91. The lowest BCUT2D eigenvalue weighted by molar-refractivity contribution is 0.0727. The van der Waals surface area contributed by atoms with Gasteiger partial charge in [-0.2, -0.15) is 0 Å². The lowest BCUT2D eigenvalue weighted by Gasteiger charge is -2.25. The molecule has 1 amide bonds. The smallest absolute Gasteiger partial charge is 0.275 e. The minimum Gasteiger partial charge on any atom is -0.335 e.